The fraction of sp³-hybridized carbons (Fsp3) is 0.222. The Kier molecular flexibility index (Phi) is 6.85. The van der Waals surface area contributed by atoms with Gasteiger partial charge in [0.25, 0.3) is 5.91 Å². The topological polar surface area (TPSA) is 88.1 Å². The predicted octanol–water partition coefficient (Wildman–Crippen LogP) is 2.63. The summed E-state index contributed by atoms with van der Waals surface area (Å²) < 4.78 is 68.3. The van der Waals surface area contributed by atoms with E-state index in [2.05, 4.69) is 10.5 Å². The maximum Gasteiger partial charge on any atom is 0.416 e. The number of sulfonamides is 1. The Bertz CT molecular complexity index is 1010. The zero-order chi connectivity index (χ0) is 21.7. The van der Waals surface area contributed by atoms with Crippen LogP contribution in [0, 0.1) is 0 Å². The second kappa shape index (κ2) is 8.95. The molecule has 0 aliphatic rings. The molecule has 7 nitrogen and oxygen atoms in total. The first-order valence-electron chi connectivity index (χ1n) is 8.12. The smallest absolute Gasteiger partial charge is 0.416 e. The van der Waals surface area contributed by atoms with Gasteiger partial charge < -0.3 is 4.74 Å². The number of methoxy groups -OCH3 is 1. The van der Waals surface area contributed by atoms with Crippen molar-refractivity contribution >= 4 is 27.8 Å². The van der Waals surface area contributed by atoms with Gasteiger partial charge in [-0.3, -0.25) is 9.10 Å². The number of ether oxygens (including phenoxy) is 1. The van der Waals surface area contributed by atoms with Crippen molar-refractivity contribution in [1.82, 2.24) is 5.43 Å². The van der Waals surface area contributed by atoms with Crippen molar-refractivity contribution in [2.24, 2.45) is 5.10 Å². The van der Waals surface area contributed by atoms with Crippen LogP contribution in [0.15, 0.2) is 53.6 Å². The van der Waals surface area contributed by atoms with Crippen LogP contribution in [0.2, 0.25) is 0 Å². The van der Waals surface area contributed by atoms with E-state index in [0.717, 1.165) is 28.9 Å². The number of alkyl halides is 3. The standard InChI is InChI=1S/C18H18F3N3O4S/c1-28-16-9-4-3-8-15(16)24(29(2,26)27)12-17(25)23-22-11-13-6-5-7-14(10-13)18(19,20)21/h3-11H,12H2,1-2H3,(H,23,25)/b22-11-. The molecule has 0 heterocycles. The molecule has 0 unspecified atom stereocenters. The molecule has 0 aliphatic heterocycles. The van der Waals surface area contributed by atoms with Gasteiger partial charge in [-0.15, -0.1) is 0 Å². The number of carbonyl (C=O) groups excluding carboxylic acids is 1. The monoisotopic (exact) mass is 429 g/mol. The molecule has 1 N–H and O–H groups in total. The summed E-state index contributed by atoms with van der Waals surface area (Å²) in [4.78, 5) is 12.1. The molecule has 29 heavy (non-hydrogen) atoms. The zero-order valence-corrected chi connectivity index (χ0v) is 16.3. The van der Waals surface area contributed by atoms with Crippen LogP contribution >= 0.6 is 0 Å². The molecule has 2 aromatic rings. The van der Waals surface area contributed by atoms with Gasteiger partial charge in [-0.2, -0.15) is 18.3 Å². The van der Waals surface area contributed by atoms with E-state index in [9.17, 15) is 26.4 Å². The first kappa shape index (κ1) is 22.2. The molecule has 0 atom stereocenters. The van der Waals surface area contributed by atoms with Gasteiger partial charge in [0.1, 0.15) is 12.3 Å². The molecular weight excluding hydrogens is 411 g/mol. The maximum atomic E-state index is 12.7. The van der Waals surface area contributed by atoms with Crippen molar-refractivity contribution in [1.29, 1.82) is 0 Å². The minimum Gasteiger partial charge on any atom is -0.495 e. The minimum atomic E-state index is -4.50. The van der Waals surface area contributed by atoms with E-state index in [1.54, 1.807) is 12.1 Å². The Balaban J connectivity index is 2.13. The van der Waals surface area contributed by atoms with Crippen molar-refractivity contribution in [3.63, 3.8) is 0 Å². The van der Waals surface area contributed by atoms with Gasteiger partial charge in [0.2, 0.25) is 10.0 Å². The molecule has 0 saturated heterocycles. The molecule has 0 aromatic heterocycles. The Morgan fingerprint density at radius 2 is 1.90 bits per heavy atom. The fourth-order valence-electron chi connectivity index (χ4n) is 2.36. The molecule has 0 radical (unpaired) electrons. The number of hydrogen-bond donors (Lipinski definition) is 1. The van der Waals surface area contributed by atoms with Crippen LogP contribution < -0.4 is 14.5 Å². The minimum absolute atomic E-state index is 0.116. The molecule has 0 spiro atoms. The third kappa shape index (κ3) is 6.21. The molecule has 1 amide bonds. The Labute approximate surface area is 165 Å². The Morgan fingerprint density at radius 3 is 2.52 bits per heavy atom. The van der Waals surface area contributed by atoms with Crippen LogP contribution in [0.5, 0.6) is 5.75 Å². The average Bonchev–Trinajstić information content (AvgIpc) is 2.65. The third-order valence-electron chi connectivity index (χ3n) is 3.66. The van der Waals surface area contributed by atoms with Crippen molar-refractivity contribution in [2.75, 3.05) is 24.2 Å². The predicted molar refractivity (Wildman–Crippen MR) is 102 cm³/mol. The van der Waals surface area contributed by atoms with Crippen LogP contribution in [-0.2, 0) is 21.0 Å². The molecule has 0 fully saturated rings. The lowest BCUT2D eigenvalue weighted by Crippen LogP contribution is -2.39. The van der Waals surface area contributed by atoms with Crippen molar-refractivity contribution < 1.29 is 31.1 Å². The Morgan fingerprint density at radius 1 is 1.21 bits per heavy atom. The molecule has 2 rings (SSSR count). The summed E-state index contributed by atoms with van der Waals surface area (Å²) in [6.07, 6.45) is -2.54. The van der Waals surface area contributed by atoms with Gasteiger partial charge in [-0.05, 0) is 29.8 Å². The quantitative estimate of drug-likeness (QED) is 0.541. The number of amides is 1. The van der Waals surface area contributed by atoms with Crippen LogP contribution in [-0.4, -0.2) is 40.4 Å². The van der Waals surface area contributed by atoms with E-state index in [0.29, 0.717) is 0 Å². The molecule has 0 saturated carbocycles. The number of halogens is 3. The van der Waals surface area contributed by atoms with Crippen LogP contribution in [0.4, 0.5) is 18.9 Å². The molecule has 156 valence electrons. The van der Waals surface area contributed by atoms with E-state index in [4.69, 9.17) is 4.74 Å². The SMILES string of the molecule is COc1ccccc1N(CC(=O)N/N=C\c1cccc(C(F)(F)F)c1)S(C)(=O)=O. The van der Waals surface area contributed by atoms with Crippen LogP contribution in [0.1, 0.15) is 11.1 Å². The second-order valence-corrected chi connectivity index (χ2v) is 7.76. The van der Waals surface area contributed by atoms with Crippen molar-refractivity contribution in [2.45, 2.75) is 6.18 Å². The van der Waals surface area contributed by atoms with Gasteiger partial charge in [0.15, 0.2) is 0 Å². The maximum absolute atomic E-state index is 12.7. The van der Waals surface area contributed by atoms with E-state index < -0.39 is 34.2 Å². The van der Waals surface area contributed by atoms with E-state index >= 15 is 0 Å². The number of para-hydroxylation sites is 2. The highest BCUT2D eigenvalue weighted by atomic mass is 32.2. The first-order chi connectivity index (χ1) is 13.5. The normalized spacial score (nSPS) is 12.0. The van der Waals surface area contributed by atoms with E-state index in [-0.39, 0.29) is 17.0 Å². The highest BCUT2D eigenvalue weighted by molar-refractivity contribution is 7.92. The molecule has 0 aliphatic carbocycles. The van der Waals surface area contributed by atoms with Gasteiger partial charge in [-0.25, -0.2) is 13.8 Å². The second-order valence-electron chi connectivity index (χ2n) is 5.86. The summed E-state index contributed by atoms with van der Waals surface area (Å²) in [5, 5.41) is 3.59. The number of benzene rings is 2. The fourth-order valence-corrected chi connectivity index (χ4v) is 3.22. The average molecular weight is 429 g/mol. The van der Waals surface area contributed by atoms with Crippen molar-refractivity contribution in [3.8, 4) is 5.75 Å². The summed E-state index contributed by atoms with van der Waals surface area (Å²) in [5.74, 6) is -0.539. The van der Waals surface area contributed by atoms with Gasteiger partial charge in [0, 0.05) is 0 Å². The zero-order valence-electron chi connectivity index (χ0n) is 15.5. The number of nitrogens with zero attached hydrogens (tertiary/aromatic N) is 2. The highest BCUT2D eigenvalue weighted by Gasteiger charge is 2.30. The molecule has 2 aromatic carbocycles. The first-order valence-corrected chi connectivity index (χ1v) is 9.97. The lowest BCUT2D eigenvalue weighted by atomic mass is 10.1. The summed E-state index contributed by atoms with van der Waals surface area (Å²) in [6, 6.07) is 10.6. The molecule has 0 bridgehead atoms. The number of rotatable bonds is 7. The van der Waals surface area contributed by atoms with Gasteiger partial charge in [0.05, 0.1) is 30.8 Å². The summed E-state index contributed by atoms with van der Waals surface area (Å²) in [7, 11) is -2.47. The lowest BCUT2D eigenvalue weighted by Gasteiger charge is -2.23. The lowest BCUT2D eigenvalue weighted by molar-refractivity contribution is -0.137. The number of hydrogen-bond acceptors (Lipinski definition) is 5. The number of nitrogens with one attached hydrogen (secondary N) is 1. The van der Waals surface area contributed by atoms with Gasteiger partial charge >= 0.3 is 6.18 Å². The largest absolute Gasteiger partial charge is 0.495 e. The Hall–Kier alpha value is -3.08. The molecular formula is C18H18F3N3O4S. The van der Waals surface area contributed by atoms with Crippen LogP contribution in [0.25, 0.3) is 0 Å². The third-order valence-corrected chi connectivity index (χ3v) is 4.78. The number of carbonyl (C=O) groups is 1. The molecule has 11 heteroatoms. The number of anilines is 1. The summed E-state index contributed by atoms with van der Waals surface area (Å²) >= 11 is 0. The summed E-state index contributed by atoms with van der Waals surface area (Å²) in [5.41, 5.74) is 1.52. The van der Waals surface area contributed by atoms with Gasteiger partial charge in [-0.1, -0.05) is 24.3 Å². The van der Waals surface area contributed by atoms with Crippen molar-refractivity contribution in [3.05, 3.63) is 59.7 Å². The summed E-state index contributed by atoms with van der Waals surface area (Å²) in [6.45, 7) is -0.598. The van der Waals surface area contributed by atoms with E-state index in [1.165, 1.54) is 31.4 Å². The highest BCUT2D eigenvalue weighted by Crippen LogP contribution is 2.30. The van der Waals surface area contributed by atoms with E-state index in [1.807, 2.05) is 0 Å². The number of hydrazone groups is 1. The van der Waals surface area contributed by atoms with Crippen LogP contribution in [0.3, 0.4) is 0 Å².